The molecule has 0 aromatic carbocycles. The normalized spacial score (nSPS) is 21.2. The first-order chi connectivity index (χ1) is 10.3. The Morgan fingerprint density at radius 1 is 1.41 bits per heavy atom. The minimum atomic E-state index is -0.598. The first kappa shape index (κ1) is 18.1. The molecule has 0 aliphatic carbocycles. The topological polar surface area (TPSA) is 105 Å². The highest BCUT2D eigenvalue weighted by Gasteiger charge is 2.37. The maximum absolute atomic E-state index is 12.2. The van der Waals surface area contributed by atoms with Gasteiger partial charge in [0.1, 0.15) is 5.60 Å². The van der Waals surface area contributed by atoms with Crippen LogP contribution in [0.25, 0.3) is 10.4 Å². The van der Waals surface area contributed by atoms with E-state index in [1.807, 2.05) is 0 Å². The second-order valence-corrected chi connectivity index (χ2v) is 6.22. The molecule has 0 N–H and O–H groups in total. The van der Waals surface area contributed by atoms with E-state index in [1.165, 1.54) is 0 Å². The first-order valence-electron chi connectivity index (χ1n) is 7.46. The lowest BCUT2D eigenvalue weighted by Crippen LogP contribution is -2.40. The zero-order chi connectivity index (χ0) is 16.8. The number of esters is 1. The summed E-state index contributed by atoms with van der Waals surface area (Å²) in [5.74, 6) is -0.293. The monoisotopic (exact) mass is 312 g/mol. The third kappa shape index (κ3) is 5.81. The Balaban J connectivity index is 2.70. The smallest absolute Gasteiger partial charge is 0.410 e. The molecule has 0 bridgehead atoms. The van der Waals surface area contributed by atoms with Crippen molar-refractivity contribution in [3.05, 3.63) is 10.4 Å². The second-order valence-electron chi connectivity index (χ2n) is 6.22. The van der Waals surface area contributed by atoms with Gasteiger partial charge in [0.2, 0.25) is 0 Å². The summed E-state index contributed by atoms with van der Waals surface area (Å²) < 4.78 is 10.3. The number of azide groups is 1. The van der Waals surface area contributed by atoms with E-state index in [2.05, 4.69) is 10.0 Å². The SMILES string of the molecule is CCOC(=O)CC[C@@H]1C[C@H](N=[N+]=[N-])CN1C(=O)OC(C)(C)C. The molecule has 0 unspecified atom stereocenters. The molecule has 0 spiro atoms. The van der Waals surface area contributed by atoms with Gasteiger partial charge in [0, 0.05) is 23.9 Å². The average Bonchev–Trinajstić information content (AvgIpc) is 2.78. The molecule has 0 radical (unpaired) electrons. The maximum Gasteiger partial charge on any atom is 0.410 e. The molecular weight excluding hydrogens is 288 g/mol. The average molecular weight is 312 g/mol. The van der Waals surface area contributed by atoms with Crippen LogP contribution in [0.15, 0.2) is 5.11 Å². The first-order valence-corrected chi connectivity index (χ1v) is 7.46. The van der Waals surface area contributed by atoms with Crippen LogP contribution < -0.4 is 0 Å². The molecule has 1 amide bonds. The predicted octanol–water partition coefficient (Wildman–Crippen LogP) is 3.02. The van der Waals surface area contributed by atoms with Crippen molar-refractivity contribution in [2.24, 2.45) is 5.11 Å². The summed E-state index contributed by atoms with van der Waals surface area (Å²) in [5.41, 5.74) is 7.96. The Bertz CT molecular complexity index is 454. The molecule has 1 heterocycles. The second kappa shape index (κ2) is 7.89. The fraction of sp³-hybridized carbons (Fsp3) is 0.857. The minimum absolute atomic E-state index is 0.185. The molecular formula is C14H24N4O4. The molecule has 0 aromatic heterocycles. The van der Waals surface area contributed by atoms with Gasteiger partial charge >= 0.3 is 12.1 Å². The van der Waals surface area contributed by atoms with Crippen molar-refractivity contribution in [1.82, 2.24) is 4.90 Å². The highest BCUT2D eigenvalue weighted by atomic mass is 16.6. The lowest BCUT2D eigenvalue weighted by atomic mass is 10.1. The van der Waals surface area contributed by atoms with Crippen LogP contribution in [0.3, 0.4) is 0 Å². The van der Waals surface area contributed by atoms with E-state index in [0.29, 0.717) is 26.0 Å². The van der Waals surface area contributed by atoms with Crippen molar-refractivity contribution in [2.45, 2.75) is 64.6 Å². The third-order valence-electron chi connectivity index (χ3n) is 3.22. The van der Waals surface area contributed by atoms with Gasteiger partial charge in [0.25, 0.3) is 0 Å². The Labute approximate surface area is 130 Å². The third-order valence-corrected chi connectivity index (χ3v) is 3.22. The van der Waals surface area contributed by atoms with E-state index in [9.17, 15) is 9.59 Å². The molecule has 22 heavy (non-hydrogen) atoms. The standard InChI is InChI=1S/C14H24N4O4/c1-5-21-12(19)7-6-11-8-10(16-17-15)9-18(11)13(20)22-14(2,3)4/h10-11H,5-9H2,1-4H3/t10-,11+/m0/s1. The summed E-state index contributed by atoms with van der Waals surface area (Å²) in [5, 5.41) is 3.68. The molecule has 1 aliphatic rings. The van der Waals surface area contributed by atoms with Crippen molar-refractivity contribution in [3.8, 4) is 0 Å². The lowest BCUT2D eigenvalue weighted by molar-refractivity contribution is -0.143. The number of amides is 1. The van der Waals surface area contributed by atoms with Crippen LogP contribution >= 0.6 is 0 Å². The van der Waals surface area contributed by atoms with Gasteiger partial charge in [-0.15, -0.1) is 0 Å². The van der Waals surface area contributed by atoms with Crippen LogP contribution in [-0.2, 0) is 14.3 Å². The fourth-order valence-electron chi connectivity index (χ4n) is 2.38. The Hall–Kier alpha value is -1.95. The molecule has 1 saturated heterocycles. The van der Waals surface area contributed by atoms with Crippen molar-refractivity contribution >= 4 is 12.1 Å². The van der Waals surface area contributed by atoms with Crippen LogP contribution in [0.4, 0.5) is 4.79 Å². The zero-order valence-corrected chi connectivity index (χ0v) is 13.6. The summed E-state index contributed by atoms with van der Waals surface area (Å²) in [7, 11) is 0. The van der Waals surface area contributed by atoms with Gasteiger partial charge in [-0.1, -0.05) is 5.11 Å². The minimum Gasteiger partial charge on any atom is -0.466 e. The van der Waals surface area contributed by atoms with Crippen molar-refractivity contribution in [1.29, 1.82) is 0 Å². The molecule has 1 fully saturated rings. The number of nitrogens with zero attached hydrogens (tertiary/aromatic N) is 4. The summed E-state index contributed by atoms with van der Waals surface area (Å²) >= 11 is 0. The van der Waals surface area contributed by atoms with Crippen molar-refractivity contribution in [2.75, 3.05) is 13.2 Å². The number of rotatable bonds is 5. The van der Waals surface area contributed by atoms with Crippen molar-refractivity contribution < 1.29 is 19.1 Å². The molecule has 0 aromatic rings. The Morgan fingerprint density at radius 3 is 2.64 bits per heavy atom. The fourth-order valence-corrected chi connectivity index (χ4v) is 2.38. The van der Waals surface area contributed by atoms with Crippen LogP contribution in [0.5, 0.6) is 0 Å². The molecule has 1 rings (SSSR count). The largest absolute Gasteiger partial charge is 0.466 e. The highest BCUT2D eigenvalue weighted by molar-refractivity contribution is 5.71. The predicted molar refractivity (Wildman–Crippen MR) is 80.1 cm³/mol. The van der Waals surface area contributed by atoms with Crippen LogP contribution in [0.2, 0.25) is 0 Å². The molecule has 8 nitrogen and oxygen atoms in total. The summed E-state index contributed by atoms with van der Waals surface area (Å²) in [6, 6.07) is -0.473. The number of hydrogen-bond acceptors (Lipinski definition) is 5. The van der Waals surface area contributed by atoms with E-state index in [-0.39, 0.29) is 24.5 Å². The van der Waals surface area contributed by atoms with Gasteiger partial charge in [-0.05, 0) is 46.1 Å². The molecule has 0 saturated carbocycles. The number of carbonyl (C=O) groups excluding carboxylic acids is 2. The van der Waals surface area contributed by atoms with Gasteiger partial charge in [-0.3, -0.25) is 4.79 Å². The molecule has 1 aliphatic heterocycles. The Kier molecular flexibility index (Phi) is 6.49. The highest BCUT2D eigenvalue weighted by Crippen LogP contribution is 2.26. The lowest BCUT2D eigenvalue weighted by Gasteiger charge is -2.28. The number of ether oxygens (including phenoxy) is 2. The van der Waals surface area contributed by atoms with E-state index < -0.39 is 11.7 Å². The number of likely N-dealkylation sites (tertiary alicyclic amines) is 1. The number of hydrogen-bond donors (Lipinski definition) is 0. The number of carbonyl (C=O) groups is 2. The summed E-state index contributed by atoms with van der Waals surface area (Å²) in [4.78, 5) is 28.1. The van der Waals surface area contributed by atoms with Crippen LogP contribution in [0.1, 0.15) is 47.0 Å². The summed E-state index contributed by atoms with van der Waals surface area (Å²) in [6.07, 6.45) is 0.774. The van der Waals surface area contributed by atoms with Gasteiger partial charge in [0.05, 0.1) is 12.6 Å². The molecule has 124 valence electrons. The Morgan fingerprint density at radius 2 is 2.09 bits per heavy atom. The quantitative estimate of drug-likeness (QED) is 0.336. The van der Waals surface area contributed by atoms with Gasteiger partial charge in [-0.25, -0.2) is 4.79 Å². The van der Waals surface area contributed by atoms with Crippen LogP contribution in [0, 0.1) is 0 Å². The zero-order valence-electron chi connectivity index (χ0n) is 13.6. The van der Waals surface area contributed by atoms with Gasteiger partial charge in [0.15, 0.2) is 0 Å². The van der Waals surface area contributed by atoms with Crippen LogP contribution in [-0.4, -0.2) is 47.8 Å². The summed E-state index contributed by atoms with van der Waals surface area (Å²) in [6.45, 7) is 7.77. The molecule has 8 heteroatoms. The van der Waals surface area contributed by atoms with Crippen molar-refractivity contribution in [3.63, 3.8) is 0 Å². The maximum atomic E-state index is 12.2. The van der Waals surface area contributed by atoms with E-state index >= 15 is 0 Å². The van der Waals surface area contributed by atoms with E-state index in [0.717, 1.165) is 0 Å². The molecule has 2 atom stereocenters. The van der Waals surface area contributed by atoms with Gasteiger partial charge in [-0.2, -0.15) is 0 Å². The van der Waals surface area contributed by atoms with E-state index in [4.69, 9.17) is 15.0 Å². The van der Waals surface area contributed by atoms with E-state index in [1.54, 1.807) is 32.6 Å². The van der Waals surface area contributed by atoms with Gasteiger partial charge < -0.3 is 14.4 Å².